The monoisotopic (exact) mass is 258 g/mol. The molecule has 4 nitrogen and oxygen atoms in total. The average molecular weight is 258 g/mol. The van der Waals surface area contributed by atoms with Gasteiger partial charge in [-0.2, -0.15) is 5.26 Å². The molecular weight excluding hydrogens is 240 g/mol. The number of carbonyl (C=O) groups excluding carboxylic acids is 1. The van der Waals surface area contributed by atoms with Gasteiger partial charge in [0.25, 0.3) is 5.91 Å². The summed E-state index contributed by atoms with van der Waals surface area (Å²) in [5, 5.41) is 12.0. The highest BCUT2D eigenvalue weighted by Gasteiger charge is 2.18. The molecule has 1 heterocycles. The van der Waals surface area contributed by atoms with Gasteiger partial charge in [0.05, 0.1) is 0 Å². The lowest BCUT2D eigenvalue weighted by Gasteiger charge is -2.22. The molecule has 1 amide bonds. The first kappa shape index (κ1) is 13.4. The molecular formula is C15H18N2O2. The molecule has 1 saturated carbocycles. The molecule has 0 saturated heterocycles. The third-order valence-electron chi connectivity index (χ3n) is 3.35. The predicted molar refractivity (Wildman–Crippen MR) is 72.1 cm³/mol. The maximum absolute atomic E-state index is 12.0. The van der Waals surface area contributed by atoms with Gasteiger partial charge in [0.1, 0.15) is 23.2 Å². The maximum atomic E-state index is 12.0. The van der Waals surface area contributed by atoms with E-state index >= 15 is 0 Å². The number of nitrogens with zero attached hydrogens (tertiary/aromatic N) is 1. The third-order valence-corrected chi connectivity index (χ3v) is 3.35. The lowest BCUT2D eigenvalue weighted by atomic mass is 9.95. The number of hydrogen-bond donors (Lipinski definition) is 1. The van der Waals surface area contributed by atoms with E-state index in [-0.39, 0.29) is 17.5 Å². The van der Waals surface area contributed by atoms with Gasteiger partial charge in [-0.3, -0.25) is 4.79 Å². The molecule has 0 aliphatic heterocycles. The maximum Gasteiger partial charge on any atom is 0.262 e. The molecule has 0 radical (unpaired) electrons. The van der Waals surface area contributed by atoms with Crippen molar-refractivity contribution in [3.63, 3.8) is 0 Å². The van der Waals surface area contributed by atoms with Crippen molar-refractivity contribution in [1.82, 2.24) is 5.32 Å². The standard InChI is InChI=1S/C15H18N2O2/c1-11-7-8-14(19-11)9-12(10-16)15(18)17-13-5-3-2-4-6-13/h7-9,13H,2-6H2,1H3,(H,17,18)/b12-9+. The van der Waals surface area contributed by atoms with E-state index in [4.69, 9.17) is 9.68 Å². The summed E-state index contributed by atoms with van der Waals surface area (Å²) in [6.07, 6.45) is 7.03. The SMILES string of the molecule is Cc1ccc(/C=C(\C#N)C(=O)NC2CCCCC2)o1. The number of carbonyl (C=O) groups is 1. The van der Waals surface area contributed by atoms with E-state index in [2.05, 4.69) is 5.32 Å². The van der Waals surface area contributed by atoms with E-state index in [1.807, 2.05) is 13.0 Å². The number of rotatable bonds is 3. The molecule has 1 aliphatic rings. The van der Waals surface area contributed by atoms with E-state index in [0.29, 0.717) is 5.76 Å². The Kier molecular flexibility index (Phi) is 4.40. The first-order valence-corrected chi connectivity index (χ1v) is 6.68. The second kappa shape index (κ2) is 6.24. The minimum absolute atomic E-state index is 0.0972. The van der Waals surface area contributed by atoms with Crippen LogP contribution in [0.4, 0.5) is 0 Å². The second-order valence-electron chi connectivity index (χ2n) is 4.93. The highest BCUT2D eigenvalue weighted by Crippen LogP contribution is 2.18. The summed E-state index contributed by atoms with van der Waals surface area (Å²) >= 11 is 0. The van der Waals surface area contributed by atoms with Crippen LogP contribution < -0.4 is 5.32 Å². The largest absolute Gasteiger partial charge is 0.462 e. The summed E-state index contributed by atoms with van der Waals surface area (Å²) in [5.41, 5.74) is 0.0972. The van der Waals surface area contributed by atoms with E-state index in [0.717, 1.165) is 31.4 Å². The van der Waals surface area contributed by atoms with Gasteiger partial charge in [0, 0.05) is 12.1 Å². The zero-order chi connectivity index (χ0) is 13.7. The van der Waals surface area contributed by atoms with Crippen molar-refractivity contribution in [3.05, 3.63) is 29.2 Å². The van der Waals surface area contributed by atoms with Gasteiger partial charge in [0.15, 0.2) is 0 Å². The van der Waals surface area contributed by atoms with Crippen molar-refractivity contribution in [1.29, 1.82) is 5.26 Å². The van der Waals surface area contributed by atoms with E-state index < -0.39 is 0 Å². The fraction of sp³-hybridized carbons (Fsp3) is 0.467. The van der Waals surface area contributed by atoms with Crippen molar-refractivity contribution in [2.24, 2.45) is 0 Å². The summed E-state index contributed by atoms with van der Waals surface area (Å²) in [6, 6.07) is 5.70. The number of nitrogens with one attached hydrogen (secondary N) is 1. The molecule has 1 aliphatic carbocycles. The molecule has 1 fully saturated rings. The number of aryl methyl sites for hydroxylation is 1. The van der Waals surface area contributed by atoms with Crippen LogP contribution in [-0.2, 0) is 4.79 Å². The van der Waals surface area contributed by atoms with Crippen molar-refractivity contribution in [3.8, 4) is 6.07 Å². The molecule has 100 valence electrons. The summed E-state index contributed by atoms with van der Waals surface area (Å²) in [7, 11) is 0. The Morgan fingerprint density at radius 3 is 2.74 bits per heavy atom. The Morgan fingerprint density at radius 2 is 2.16 bits per heavy atom. The molecule has 0 atom stereocenters. The highest BCUT2D eigenvalue weighted by molar-refractivity contribution is 6.01. The molecule has 0 bridgehead atoms. The zero-order valence-corrected chi connectivity index (χ0v) is 11.1. The lowest BCUT2D eigenvalue weighted by Crippen LogP contribution is -2.36. The minimum atomic E-state index is -0.302. The first-order valence-electron chi connectivity index (χ1n) is 6.68. The fourth-order valence-corrected chi connectivity index (χ4v) is 2.33. The Balaban J connectivity index is 2.02. The van der Waals surface area contributed by atoms with Gasteiger partial charge < -0.3 is 9.73 Å². The first-order chi connectivity index (χ1) is 9.19. The minimum Gasteiger partial charge on any atom is -0.462 e. The van der Waals surface area contributed by atoms with Crippen LogP contribution in [0.5, 0.6) is 0 Å². The smallest absolute Gasteiger partial charge is 0.262 e. The third kappa shape index (κ3) is 3.72. The van der Waals surface area contributed by atoms with Crippen molar-refractivity contribution >= 4 is 12.0 Å². The second-order valence-corrected chi connectivity index (χ2v) is 4.93. The zero-order valence-electron chi connectivity index (χ0n) is 11.1. The van der Waals surface area contributed by atoms with Gasteiger partial charge in [-0.05, 0) is 31.9 Å². The Hall–Kier alpha value is -2.02. The van der Waals surface area contributed by atoms with Crippen LogP contribution in [0.25, 0.3) is 6.08 Å². The number of nitriles is 1. The molecule has 2 rings (SSSR count). The van der Waals surface area contributed by atoms with Crippen LogP contribution in [0.3, 0.4) is 0 Å². The van der Waals surface area contributed by atoms with Crippen LogP contribution in [0.2, 0.25) is 0 Å². The summed E-state index contributed by atoms with van der Waals surface area (Å²) in [4.78, 5) is 12.0. The van der Waals surface area contributed by atoms with Crippen LogP contribution in [0.1, 0.15) is 43.6 Å². The van der Waals surface area contributed by atoms with Crippen LogP contribution in [0, 0.1) is 18.3 Å². The molecule has 1 aromatic rings. The van der Waals surface area contributed by atoms with Crippen LogP contribution in [0.15, 0.2) is 22.1 Å². The van der Waals surface area contributed by atoms with Gasteiger partial charge in [-0.25, -0.2) is 0 Å². The molecule has 19 heavy (non-hydrogen) atoms. The summed E-state index contributed by atoms with van der Waals surface area (Å²) < 4.78 is 5.35. The topological polar surface area (TPSA) is 66.0 Å². The quantitative estimate of drug-likeness (QED) is 0.669. The Labute approximate surface area is 113 Å². The molecule has 0 aromatic carbocycles. The van der Waals surface area contributed by atoms with Gasteiger partial charge in [-0.15, -0.1) is 0 Å². The summed E-state index contributed by atoms with van der Waals surface area (Å²) in [6.45, 7) is 1.82. The van der Waals surface area contributed by atoms with Crippen molar-refractivity contribution in [2.75, 3.05) is 0 Å². The van der Waals surface area contributed by atoms with E-state index in [1.54, 1.807) is 12.1 Å². The normalized spacial score (nSPS) is 16.9. The Bertz CT molecular complexity index is 516. The fourth-order valence-electron chi connectivity index (χ4n) is 2.33. The molecule has 1 aromatic heterocycles. The van der Waals surface area contributed by atoms with Crippen molar-refractivity contribution in [2.45, 2.75) is 45.1 Å². The van der Waals surface area contributed by atoms with Gasteiger partial charge in [0.2, 0.25) is 0 Å². The van der Waals surface area contributed by atoms with Crippen LogP contribution in [-0.4, -0.2) is 11.9 Å². The van der Waals surface area contributed by atoms with Gasteiger partial charge >= 0.3 is 0 Å². The molecule has 0 unspecified atom stereocenters. The molecule has 4 heteroatoms. The average Bonchev–Trinajstić information content (AvgIpc) is 2.82. The molecule has 1 N–H and O–H groups in total. The highest BCUT2D eigenvalue weighted by atomic mass is 16.3. The Morgan fingerprint density at radius 1 is 1.42 bits per heavy atom. The van der Waals surface area contributed by atoms with Crippen LogP contribution >= 0.6 is 0 Å². The summed E-state index contributed by atoms with van der Waals surface area (Å²) in [5.74, 6) is 0.993. The number of furan rings is 1. The number of amides is 1. The lowest BCUT2D eigenvalue weighted by molar-refractivity contribution is -0.117. The van der Waals surface area contributed by atoms with Crippen molar-refractivity contribution < 1.29 is 9.21 Å². The predicted octanol–water partition coefficient (Wildman–Crippen LogP) is 2.94. The van der Waals surface area contributed by atoms with Gasteiger partial charge in [-0.1, -0.05) is 19.3 Å². The van der Waals surface area contributed by atoms with E-state index in [9.17, 15) is 4.79 Å². The number of hydrogen-bond acceptors (Lipinski definition) is 3. The molecule has 0 spiro atoms. The van der Waals surface area contributed by atoms with E-state index in [1.165, 1.54) is 12.5 Å².